The number of carbonyl (C=O) groups excluding carboxylic acids is 1. The lowest BCUT2D eigenvalue weighted by Crippen LogP contribution is -2.24. The van der Waals surface area contributed by atoms with Crippen molar-refractivity contribution in [1.82, 2.24) is 15.5 Å². The fourth-order valence-electron chi connectivity index (χ4n) is 1.87. The molecule has 6 heteroatoms. The van der Waals surface area contributed by atoms with Crippen LogP contribution in [0.25, 0.3) is 0 Å². The van der Waals surface area contributed by atoms with Gasteiger partial charge in [0.05, 0.1) is 6.42 Å². The number of nitrogens with one attached hydrogen (secondary N) is 2. The van der Waals surface area contributed by atoms with Gasteiger partial charge in [-0.05, 0) is 24.1 Å². The van der Waals surface area contributed by atoms with Crippen molar-refractivity contribution in [3.05, 3.63) is 52.8 Å². The molecule has 0 saturated heterocycles. The molecule has 104 valence electrons. The molecule has 20 heavy (non-hydrogen) atoms. The summed E-state index contributed by atoms with van der Waals surface area (Å²) >= 11 is 0. The van der Waals surface area contributed by atoms with Crippen LogP contribution in [0, 0.1) is 6.92 Å². The number of H-pyrrole nitrogens is 1. The van der Waals surface area contributed by atoms with E-state index in [4.69, 9.17) is 5.11 Å². The van der Waals surface area contributed by atoms with Crippen molar-refractivity contribution in [2.75, 3.05) is 0 Å². The Morgan fingerprint density at radius 2 is 2.00 bits per heavy atom. The maximum atomic E-state index is 11.9. The first-order valence-corrected chi connectivity index (χ1v) is 6.15. The fourth-order valence-corrected chi connectivity index (χ4v) is 1.87. The van der Waals surface area contributed by atoms with Crippen molar-refractivity contribution >= 4 is 11.9 Å². The Labute approximate surface area is 115 Å². The van der Waals surface area contributed by atoms with Crippen LogP contribution >= 0.6 is 0 Å². The number of rotatable bonds is 5. The van der Waals surface area contributed by atoms with E-state index in [9.17, 15) is 9.59 Å². The highest BCUT2D eigenvalue weighted by atomic mass is 16.4. The average Bonchev–Trinajstić information content (AvgIpc) is 2.83. The predicted octanol–water partition coefficient (Wildman–Crippen LogP) is 1.28. The van der Waals surface area contributed by atoms with Gasteiger partial charge in [-0.2, -0.15) is 5.10 Å². The Hall–Kier alpha value is -2.63. The van der Waals surface area contributed by atoms with Gasteiger partial charge < -0.3 is 10.4 Å². The minimum atomic E-state index is -0.897. The maximum Gasteiger partial charge on any atom is 0.307 e. The first-order valence-electron chi connectivity index (χ1n) is 6.15. The van der Waals surface area contributed by atoms with Crippen LogP contribution in [0.5, 0.6) is 0 Å². The van der Waals surface area contributed by atoms with Gasteiger partial charge in [0.1, 0.15) is 5.69 Å². The number of carboxylic acid groups (broad SMARTS) is 1. The lowest BCUT2D eigenvalue weighted by atomic mass is 10.0. The minimum absolute atomic E-state index is 0.0619. The number of aryl methyl sites for hydroxylation is 1. The van der Waals surface area contributed by atoms with Crippen molar-refractivity contribution < 1.29 is 14.7 Å². The molecule has 0 radical (unpaired) electrons. The zero-order chi connectivity index (χ0) is 14.5. The number of amides is 1. The van der Waals surface area contributed by atoms with E-state index in [2.05, 4.69) is 15.5 Å². The summed E-state index contributed by atoms with van der Waals surface area (Å²) in [5, 5.41) is 18.1. The van der Waals surface area contributed by atoms with Crippen LogP contribution in [0.15, 0.2) is 30.3 Å². The van der Waals surface area contributed by atoms with Crippen LogP contribution in [-0.2, 0) is 17.8 Å². The second-order valence-corrected chi connectivity index (χ2v) is 4.46. The Balaban J connectivity index is 2.03. The van der Waals surface area contributed by atoms with E-state index in [0.717, 1.165) is 11.3 Å². The van der Waals surface area contributed by atoms with Crippen LogP contribution < -0.4 is 5.32 Å². The Kier molecular flexibility index (Phi) is 4.14. The van der Waals surface area contributed by atoms with Crippen molar-refractivity contribution in [2.45, 2.75) is 19.9 Å². The summed E-state index contributed by atoms with van der Waals surface area (Å²) in [5.74, 6) is -1.19. The summed E-state index contributed by atoms with van der Waals surface area (Å²) in [4.78, 5) is 22.6. The number of aliphatic carboxylic acids is 1. The fraction of sp³-hybridized carbons (Fsp3) is 0.214. The number of benzene rings is 1. The summed E-state index contributed by atoms with van der Waals surface area (Å²) in [6.45, 7) is 2.08. The molecule has 0 atom stereocenters. The Bertz CT molecular complexity index is 634. The number of carbonyl (C=O) groups is 2. The summed E-state index contributed by atoms with van der Waals surface area (Å²) in [7, 11) is 0. The minimum Gasteiger partial charge on any atom is -0.481 e. The van der Waals surface area contributed by atoms with E-state index in [0.29, 0.717) is 11.3 Å². The van der Waals surface area contributed by atoms with E-state index in [1.807, 2.05) is 13.0 Å². The molecule has 0 aliphatic carbocycles. The van der Waals surface area contributed by atoms with Gasteiger partial charge in [0.15, 0.2) is 0 Å². The molecule has 0 aliphatic heterocycles. The number of carboxylic acids is 1. The predicted molar refractivity (Wildman–Crippen MR) is 72.3 cm³/mol. The Morgan fingerprint density at radius 1 is 1.30 bits per heavy atom. The van der Waals surface area contributed by atoms with Crippen LogP contribution in [0.4, 0.5) is 0 Å². The van der Waals surface area contributed by atoms with Crippen LogP contribution in [0.1, 0.15) is 27.3 Å². The summed E-state index contributed by atoms with van der Waals surface area (Å²) in [6, 6.07) is 8.79. The molecule has 0 bridgehead atoms. The molecule has 1 aromatic carbocycles. The number of hydrogen-bond acceptors (Lipinski definition) is 3. The lowest BCUT2D eigenvalue weighted by Gasteiger charge is -2.08. The SMILES string of the molecule is Cc1cc(C(=O)NCc2ccccc2CC(=O)O)n[nH]1. The molecule has 1 heterocycles. The highest BCUT2D eigenvalue weighted by Gasteiger charge is 2.11. The summed E-state index contributed by atoms with van der Waals surface area (Å²) in [5.41, 5.74) is 2.61. The molecular formula is C14H15N3O3. The highest BCUT2D eigenvalue weighted by molar-refractivity contribution is 5.92. The van der Waals surface area contributed by atoms with Crippen LogP contribution in [0.2, 0.25) is 0 Å². The van der Waals surface area contributed by atoms with Crippen molar-refractivity contribution in [3.63, 3.8) is 0 Å². The first-order chi connectivity index (χ1) is 9.56. The van der Waals surface area contributed by atoms with Crippen LogP contribution in [-0.4, -0.2) is 27.2 Å². The van der Waals surface area contributed by atoms with Gasteiger partial charge in [-0.1, -0.05) is 24.3 Å². The molecule has 2 rings (SSSR count). The zero-order valence-electron chi connectivity index (χ0n) is 11.0. The van der Waals surface area contributed by atoms with E-state index in [-0.39, 0.29) is 18.9 Å². The van der Waals surface area contributed by atoms with Crippen molar-refractivity contribution in [1.29, 1.82) is 0 Å². The Morgan fingerprint density at radius 3 is 2.60 bits per heavy atom. The van der Waals surface area contributed by atoms with Crippen molar-refractivity contribution in [2.24, 2.45) is 0 Å². The summed E-state index contributed by atoms with van der Waals surface area (Å²) < 4.78 is 0. The molecule has 0 fully saturated rings. The molecule has 6 nitrogen and oxygen atoms in total. The van der Waals surface area contributed by atoms with Gasteiger partial charge in [-0.15, -0.1) is 0 Å². The standard InChI is InChI=1S/C14H15N3O3/c1-9-6-12(17-16-9)14(20)15-8-11-5-3-2-4-10(11)7-13(18)19/h2-6H,7-8H2,1H3,(H,15,20)(H,16,17)(H,18,19). The number of hydrogen-bond donors (Lipinski definition) is 3. The van der Waals surface area contributed by atoms with Gasteiger partial charge in [0.25, 0.3) is 5.91 Å². The molecule has 2 aromatic rings. The van der Waals surface area contributed by atoms with Gasteiger partial charge >= 0.3 is 5.97 Å². The third-order valence-corrected chi connectivity index (χ3v) is 2.84. The third-order valence-electron chi connectivity index (χ3n) is 2.84. The quantitative estimate of drug-likeness (QED) is 0.764. The zero-order valence-corrected chi connectivity index (χ0v) is 11.0. The number of aromatic nitrogens is 2. The molecule has 1 amide bonds. The van der Waals surface area contributed by atoms with Gasteiger partial charge in [0.2, 0.25) is 0 Å². The molecule has 0 saturated carbocycles. The normalized spacial score (nSPS) is 10.2. The third kappa shape index (κ3) is 3.44. The van der Waals surface area contributed by atoms with Crippen molar-refractivity contribution in [3.8, 4) is 0 Å². The van der Waals surface area contributed by atoms with Gasteiger partial charge in [-0.25, -0.2) is 0 Å². The number of aromatic amines is 1. The second kappa shape index (κ2) is 6.01. The topological polar surface area (TPSA) is 95.1 Å². The summed E-state index contributed by atoms with van der Waals surface area (Å²) in [6.07, 6.45) is -0.0619. The first kappa shape index (κ1) is 13.8. The molecule has 1 aromatic heterocycles. The average molecular weight is 273 g/mol. The van der Waals surface area contributed by atoms with Crippen LogP contribution in [0.3, 0.4) is 0 Å². The smallest absolute Gasteiger partial charge is 0.307 e. The molecule has 0 aliphatic rings. The van der Waals surface area contributed by atoms with E-state index in [1.54, 1.807) is 24.3 Å². The second-order valence-electron chi connectivity index (χ2n) is 4.46. The molecule has 0 spiro atoms. The lowest BCUT2D eigenvalue weighted by molar-refractivity contribution is -0.136. The highest BCUT2D eigenvalue weighted by Crippen LogP contribution is 2.10. The largest absolute Gasteiger partial charge is 0.481 e. The monoisotopic (exact) mass is 273 g/mol. The van der Waals surface area contributed by atoms with E-state index < -0.39 is 5.97 Å². The molecule has 3 N–H and O–H groups in total. The molecule has 0 unspecified atom stereocenters. The van der Waals surface area contributed by atoms with Gasteiger partial charge in [-0.3, -0.25) is 14.7 Å². The maximum absolute atomic E-state index is 11.9. The van der Waals surface area contributed by atoms with Gasteiger partial charge in [0, 0.05) is 12.2 Å². The molecular weight excluding hydrogens is 258 g/mol. The number of nitrogens with zero attached hydrogens (tertiary/aromatic N) is 1. The van der Waals surface area contributed by atoms with E-state index >= 15 is 0 Å². The van der Waals surface area contributed by atoms with E-state index in [1.165, 1.54) is 0 Å².